The van der Waals surface area contributed by atoms with Gasteiger partial charge in [0.2, 0.25) is 0 Å². The van der Waals surface area contributed by atoms with E-state index in [9.17, 15) is 4.79 Å². The van der Waals surface area contributed by atoms with Gasteiger partial charge in [-0.15, -0.1) is 0 Å². The zero-order chi connectivity index (χ0) is 11.9. The Labute approximate surface area is 107 Å². The minimum atomic E-state index is -0.604. The molecule has 84 valence electrons. The average Bonchev–Trinajstić information content (AvgIpc) is 2.72. The Bertz CT molecular complexity index is 559. The molecule has 0 fully saturated rings. The van der Waals surface area contributed by atoms with Crippen molar-refractivity contribution < 1.29 is 13.7 Å². The quantitative estimate of drug-likeness (QED) is 0.903. The number of primary amides is 1. The lowest BCUT2D eigenvalue weighted by molar-refractivity contribution is 0.0999. The van der Waals surface area contributed by atoms with Gasteiger partial charge in [-0.1, -0.05) is 5.16 Å². The Hall–Kier alpha value is -1.08. The van der Waals surface area contributed by atoms with Crippen LogP contribution >= 0.6 is 31.9 Å². The number of rotatable bonds is 2. The number of furan rings is 1. The fourth-order valence-corrected chi connectivity index (χ4v) is 1.95. The first-order valence-corrected chi connectivity index (χ1v) is 5.80. The maximum absolute atomic E-state index is 11.2. The topological polar surface area (TPSA) is 82.3 Å². The largest absolute Gasteiger partial charge is 0.460 e. The highest BCUT2D eigenvalue weighted by atomic mass is 79.9. The first-order chi connectivity index (χ1) is 7.52. The number of carbonyl (C=O) groups excluding carboxylic acids is 1. The second-order valence-corrected chi connectivity index (χ2v) is 4.70. The highest BCUT2D eigenvalue weighted by Crippen LogP contribution is 2.37. The van der Waals surface area contributed by atoms with Gasteiger partial charge in [0, 0.05) is 0 Å². The number of halogens is 2. The summed E-state index contributed by atoms with van der Waals surface area (Å²) in [6, 6.07) is 0. The van der Waals surface area contributed by atoms with Crippen LogP contribution in [0.5, 0.6) is 0 Å². The van der Waals surface area contributed by atoms with Gasteiger partial charge in [0.15, 0.2) is 11.5 Å². The molecule has 16 heavy (non-hydrogen) atoms. The van der Waals surface area contributed by atoms with Crippen molar-refractivity contribution in [2.75, 3.05) is 0 Å². The molecule has 2 aromatic heterocycles. The Morgan fingerprint density at radius 2 is 2.19 bits per heavy atom. The van der Waals surface area contributed by atoms with E-state index in [4.69, 9.17) is 14.7 Å². The number of amides is 1. The first kappa shape index (κ1) is 11.4. The molecular weight excluding hydrogens is 344 g/mol. The summed E-state index contributed by atoms with van der Waals surface area (Å²) in [6.45, 7) is 1.61. The third kappa shape index (κ3) is 1.69. The summed E-state index contributed by atoms with van der Waals surface area (Å²) < 4.78 is 11.6. The molecule has 1 amide bonds. The van der Waals surface area contributed by atoms with Gasteiger partial charge in [0.25, 0.3) is 5.91 Å². The van der Waals surface area contributed by atoms with Gasteiger partial charge in [0.05, 0.1) is 8.95 Å². The molecule has 0 aliphatic carbocycles. The van der Waals surface area contributed by atoms with Gasteiger partial charge >= 0.3 is 0 Å². The van der Waals surface area contributed by atoms with E-state index in [1.807, 2.05) is 0 Å². The molecule has 2 N–H and O–H groups in total. The molecule has 0 bridgehead atoms. The maximum Gasteiger partial charge on any atom is 0.254 e. The van der Waals surface area contributed by atoms with Crippen LogP contribution in [0.15, 0.2) is 24.1 Å². The molecule has 0 aliphatic rings. The first-order valence-electron chi connectivity index (χ1n) is 4.21. The number of carbonyl (C=O) groups is 1. The molecule has 2 aromatic rings. The van der Waals surface area contributed by atoms with E-state index in [1.54, 1.807) is 6.92 Å². The zero-order valence-corrected chi connectivity index (χ0v) is 11.3. The van der Waals surface area contributed by atoms with Crippen LogP contribution in [-0.2, 0) is 0 Å². The molecule has 0 aromatic carbocycles. The van der Waals surface area contributed by atoms with E-state index >= 15 is 0 Å². The van der Waals surface area contributed by atoms with E-state index in [-0.39, 0.29) is 5.56 Å². The van der Waals surface area contributed by atoms with Crippen LogP contribution in [0.25, 0.3) is 11.5 Å². The lowest BCUT2D eigenvalue weighted by Crippen LogP contribution is -2.12. The fourth-order valence-electron chi connectivity index (χ4n) is 1.30. The Morgan fingerprint density at radius 1 is 1.50 bits per heavy atom. The van der Waals surface area contributed by atoms with E-state index in [0.717, 1.165) is 4.47 Å². The third-order valence-electron chi connectivity index (χ3n) is 2.01. The van der Waals surface area contributed by atoms with Gasteiger partial charge < -0.3 is 14.7 Å². The summed E-state index contributed by atoms with van der Waals surface area (Å²) in [5.41, 5.74) is 5.77. The normalized spacial score (nSPS) is 10.7. The number of nitrogens with zero attached hydrogens (tertiary/aromatic N) is 1. The molecule has 2 heterocycles. The summed E-state index contributed by atoms with van der Waals surface area (Å²) in [4.78, 5) is 11.2. The number of hydrogen-bond donors (Lipinski definition) is 1. The van der Waals surface area contributed by atoms with Crippen LogP contribution in [-0.4, -0.2) is 11.1 Å². The molecular formula is C9H6Br2N2O3. The summed E-state index contributed by atoms with van der Waals surface area (Å²) >= 11 is 6.57. The van der Waals surface area contributed by atoms with Crippen LogP contribution in [0.1, 0.15) is 16.1 Å². The molecule has 7 heteroatoms. The monoisotopic (exact) mass is 348 g/mol. The van der Waals surface area contributed by atoms with Crippen LogP contribution in [0.2, 0.25) is 0 Å². The van der Waals surface area contributed by atoms with Crippen molar-refractivity contribution in [3.05, 3.63) is 26.5 Å². The Morgan fingerprint density at radius 3 is 2.69 bits per heavy atom. The number of nitrogens with two attached hydrogens (primary N) is 1. The van der Waals surface area contributed by atoms with E-state index in [2.05, 4.69) is 37.0 Å². The number of aromatic nitrogens is 1. The SMILES string of the molecule is Cc1onc(-c2occ(Br)c2Br)c1C(N)=O. The molecule has 0 radical (unpaired) electrons. The minimum Gasteiger partial charge on any atom is -0.460 e. The van der Waals surface area contributed by atoms with Crippen molar-refractivity contribution in [2.24, 2.45) is 5.73 Å². The van der Waals surface area contributed by atoms with Crippen LogP contribution in [0.4, 0.5) is 0 Å². The molecule has 0 saturated heterocycles. The molecule has 0 saturated carbocycles. The average molecular weight is 350 g/mol. The smallest absolute Gasteiger partial charge is 0.254 e. The predicted octanol–water partition coefficient (Wildman–Crippen LogP) is 2.87. The minimum absolute atomic E-state index is 0.225. The molecule has 2 rings (SSSR count). The van der Waals surface area contributed by atoms with E-state index < -0.39 is 5.91 Å². The van der Waals surface area contributed by atoms with Crippen molar-refractivity contribution in [3.63, 3.8) is 0 Å². The number of hydrogen-bond acceptors (Lipinski definition) is 4. The third-order valence-corrected chi connectivity index (χ3v) is 3.92. The van der Waals surface area contributed by atoms with Crippen molar-refractivity contribution >= 4 is 37.8 Å². The van der Waals surface area contributed by atoms with E-state index in [0.29, 0.717) is 21.7 Å². The van der Waals surface area contributed by atoms with Crippen molar-refractivity contribution in [1.29, 1.82) is 0 Å². The second kappa shape index (κ2) is 4.06. The predicted molar refractivity (Wildman–Crippen MR) is 62.9 cm³/mol. The molecule has 0 spiro atoms. The van der Waals surface area contributed by atoms with Gasteiger partial charge in [0.1, 0.15) is 17.6 Å². The van der Waals surface area contributed by atoms with Gasteiger partial charge in [-0.2, -0.15) is 0 Å². The molecule has 0 aliphatic heterocycles. The van der Waals surface area contributed by atoms with Crippen molar-refractivity contribution in [3.8, 4) is 11.5 Å². The maximum atomic E-state index is 11.2. The van der Waals surface area contributed by atoms with Crippen LogP contribution in [0.3, 0.4) is 0 Å². The van der Waals surface area contributed by atoms with Gasteiger partial charge in [-0.25, -0.2) is 0 Å². The zero-order valence-electron chi connectivity index (χ0n) is 8.08. The van der Waals surface area contributed by atoms with Gasteiger partial charge in [-0.3, -0.25) is 4.79 Å². The van der Waals surface area contributed by atoms with Crippen LogP contribution < -0.4 is 5.73 Å². The summed E-state index contributed by atoms with van der Waals surface area (Å²) in [5.74, 6) is 0.160. The van der Waals surface area contributed by atoms with E-state index in [1.165, 1.54) is 6.26 Å². The molecule has 0 unspecified atom stereocenters. The Balaban J connectivity index is 2.65. The Kier molecular flexibility index (Phi) is 2.90. The highest BCUT2D eigenvalue weighted by Gasteiger charge is 2.24. The number of aryl methyl sites for hydroxylation is 1. The second-order valence-electron chi connectivity index (χ2n) is 3.05. The molecule has 5 nitrogen and oxygen atoms in total. The lowest BCUT2D eigenvalue weighted by atomic mass is 10.1. The summed E-state index contributed by atoms with van der Waals surface area (Å²) in [7, 11) is 0. The van der Waals surface area contributed by atoms with Gasteiger partial charge in [-0.05, 0) is 38.8 Å². The fraction of sp³-hybridized carbons (Fsp3) is 0.111. The summed E-state index contributed by atoms with van der Waals surface area (Å²) in [6.07, 6.45) is 1.48. The molecule has 0 atom stereocenters. The van der Waals surface area contributed by atoms with Crippen molar-refractivity contribution in [2.45, 2.75) is 6.92 Å². The highest BCUT2D eigenvalue weighted by molar-refractivity contribution is 9.13. The lowest BCUT2D eigenvalue weighted by Gasteiger charge is -1.95. The van der Waals surface area contributed by atoms with Crippen LogP contribution in [0, 0.1) is 6.92 Å². The standard InChI is InChI=1S/C9H6Br2N2O3/c1-3-5(9(12)14)7(13-16-3)8-6(11)4(10)2-15-8/h2H,1H3,(H2,12,14). The summed E-state index contributed by atoms with van der Waals surface area (Å²) in [5, 5.41) is 3.76. The van der Waals surface area contributed by atoms with Crippen molar-refractivity contribution in [1.82, 2.24) is 5.16 Å².